The number of ether oxygens (including phenoxy) is 1. The molecule has 0 bridgehead atoms. The van der Waals surface area contributed by atoms with Crippen molar-refractivity contribution < 1.29 is 9.53 Å². The zero-order valence-electron chi connectivity index (χ0n) is 16.7. The van der Waals surface area contributed by atoms with Crippen LogP contribution in [0.5, 0.6) is 5.75 Å². The maximum Gasteiger partial charge on any atom is 0.261 e. The van der Waals surface area contributed by atoms with Crippen LogP contribution in [0, 0.1) is 13.8 Å². The molecule has 29 heavy (non-hydrogen) atoms. The molecule has 0 saturated heterocycles. The maximum absolute atomic E-state index is 13.2. The molecule has 1 amide bonds. The first-order chi connectivity index (χ1) is 14.0. The Balaban J connectivity index is 1.61. The smallest absolute Gasteiger partial charge is 0.261 e. The highest BCUT2D eigenvalue weighted by atomic mass is 35.5. The summed E-state index contributed by atoms with van der Waals surface area (Å²) in [6.45, 7) is 4.72. The zero-order chi connectivity index (χ0) is 20.4. The second kappa shape index (κ2) is 8.30. The van der Waals surface area contributed by atoms with Crippen molar-refractivity contribution in [2.45, 2.75) is 26.3 Å². The third-order valence-electron chi connectivity index (χ3n) is 5.45. The highest BCUT2D eigenvalue weighted by Crippen LogP contribution is 2.36. The number of carbonyl (C=O) groups is 1. The van der Waals surface area contributed by atoms with Crippen LogP contribution in [0.15, 0.2) is 66.7 Å². The van der Waals surface area contributed by atoms with Gasteiger partial charge in [-0.2, -0.15) is 0 Å². The van der Waals surface area contributed by atoms with Gasteiger partial charge in [0.15, 0.2) is 6.61 Å². The number of rotatable bonds is 4. The Hall–Kier alpha value is -2.78. The number of hydrogen-bond acceptors (Lipinski definition) is 2. The predicted molar refractivity (Wildman–Crippen MR) is 117 cm³/mol. The van der Waals surface area contributed by atoms with E-state index in [4.69, 9.17) is 16.3 Å². The molecule has 0 spiro atoms. The number of benzene rings is 3. The minimum absolute atomic E-state index is 0.0170. The summed E-state index contributed by atoms with van der Waals surface area (Å²) in [5, 5.41) is 0.671. The Morgan fingerprint density at radius 3 is 2.69 bits per heavy atom. The second-order valence-corrected chi connectivity index (χ2v) is 7.99. The van der Waals surface area contributed by atoms with Crippen LogP contribution < -0.4 is 4.74 Å². The van der Waals surface area contributed by atoms with E-state index in [-0.39, 0.29) is 18.6 Å². The van der Waals surface area contributed by atoms with Crippen molar-refractivity contribution in [2.24, 2.45) is 0 Å². The van der Waals surface area contributed by atoms with Gasteiger partial charge >= 0.3 is 0 Å². The van der Waals surface area contributed by atoms with E-state index in [1.54, 1.807) is 0 Å². The molecule has 4 heteroatoms. The van der Waals surface area contributed by atoms with Crippen LogP contribution in [0.2, 0.25) is 5.02 Å². The van der Waals surface area contributed by atoms with E-state index in [9.17, 15) is 4.79 Å². The summed E-state index contributed by atoms with van der Waals surface area (Å²) in [4.78, 5) is 15.1. The van der Waals surface area contributed by atoms with Gasteiger partial charge in [0, 0.05) is 11.6 Å². The Morgan fingerprint density at radius 1 is 1.07 bits per heavy atom. The first kappa shape index (κ1) is 19.5. The SMILES string of the molecule is Cc1ccc(OCC(=O)N2CCc3ccccc3C2c2cccc(Cl)c2)c(C)c1. The molecule has 1 atom stereocenters. The molecule has 1 unspecified atom stereocenters. The van der Waals surface area contributed by atoms with E-state index < -0.39 is 0 Å². The highest BCUT2D eigenvalue weighted by molar-refractivity contribution is 6.30. The molecule has 1 aliphatic heterocycles. The second-order valence-electron chi connectivity index (χ2n) is 7.55. The normalized spacial score (nSPS) is 15.7. The van der Waals surface area contributed by atoms with E-state index in [2.05, 4.69) is 24.3 Å². The number of hydrogen-bond donors (Lipinski definition) is 0. The summed E-state index contributed by atoms with van der Waals surface area (Å²) in [5.74, 6) is 0.727. The van der Waals surface area contributed by atoms with Crippen LogP contribution in [0.25, 0.3) is 0 Å². The zero-order valence-corrected chi connectivity index (χ0v) is 17.4. The summed E-state index contributed by atoms with van der Waals surface area (Å²) >= 11 is 6.26. The van der Waals surface area contributed by atoms with E-state index in [1.165, 1.54) is 11.1 Å². The molecular formula is C25H24ClNO2. The van der Waals surface area contributed by atoms with Crippen molar-refractivity contribution in [2.75, 3.05) is 13.2 Å². The van der Waals surface area contributed by atoms with Crippen LogP contribution in [0.1, 0.15) is 33.9 Å². The fourth-order valence-electron chi connectivity index (χ4n) is 4.06. The number of fused-ring (bicyclic) bond motifs is 1. The van der Waals surface area contributed by atoms with Crippen LogP contribution >= 0.6 is 11.6 Å². The van der Waals surface area contributed by atoms with Crippen molar-refractivity contribution in [1.82, 2.24) is 4.90 Å². The van der Waals surface area contributed by atoms with Gasteiger partial charge in [0.1, 0.15) is 5.75 Å². The van der Waals surface area contributed by atoms with Crippen molar-refractivity contribution in [1.29, 1.82) is 0 Å². The summed E-state index contributed by atoms with van der Waals surface area (Å²) in [6, 6.07) is 21.9. The minimum atomic E-state index is -0.158. The molecule has 0 saturated carbocycles. The lowest BCUT2D eigenvalue weighted by atomic mass is 9.88. The van der Waals surface area contributed by atoms with Crippen molar-refractivity contribution in [3.05, 3.63) is 99.6 Å². The van der Waals surface area contributed by atoms with Crippen LogP contribution in [-0.4, -0.2) is 24.0 Å². The molecule has 0 aliphatic carbocycles. The quantitative estimate of drug-likeness (QED) is 0.572. The highest BCUT2D eigenvalue weighted by Gasteiger charge is 2.32. The third-order valence-corrected chi connectivity index (χ3v) is 5.68. The van der Waals surface area contributed by atoms with Gasteiger partial charge in [0.05, 0.1) is 6.04 Å². The lowest BCUT2D eigenvalue weighted by molar-refractivity contribution is -0.135. The van der Waals surface area contributed by atoms with Gasteiger partial charge in [0.2, 0.25) is 0 Å². The monoisotopic (exact) mass is 405 g/mol. The van der Waals surface area contributed by atoms with Gasteiger partial charge in [-0.1, -0.05) is 65.7 Å². The van der Waals surface area contributed by atoms with E-state index in [0.29, 0.717) is 11.6 Å². The maximum atomic E-state index is 13.2. The third kappa shape index (κ3) is 4.15. The molecule has 3 aromatic carbocycles. The lowest BCUT2D eigenvalue weighted by Gasteiger charge is -2.37. The average Bonchev–Trinajstić information content (AvgIpc) is 2.72. The molecule has 148 valence electrons. The van der Waals surface area contributed by atoms with Gasteiger partial charge in [-0.3, -0.25) is 4.79 Å². The topological polar surface area (TPSA) is 29.5 Å². The van der Waals surface area contributed by atoms with Gasteiger partial charge in [-0.15, -0.1) is 0 Å². The molecule has 4 rings (SSSR count). The first-order valence-electron chi connectivity index (χ1n) is 9.86. The van der Waals surface area contributed by atoms with E-state index in [0.717, 1.165) is 28.9 Å². The molecule has 3 nitrogen and oxygen atoms in total. The standard InChI is InChI=1S/C25H24ClNO2/c1-17-10-11-23(18(2)14-17)29-16-24(28)27-13-12-19-6-3-4-9-22(19)25(27)20-7-5-8-21(26)15-20/h3-11,14-15,25H,12-13,16H2,1-2H3. The number of halogens is 1. The van der Waals surface area contributed by atoms with E-state index >= 15 is 0 Å². The number of nitrogens with zero attached hydrogens (tertiary/aromatic N) is 1. The van der Waals surface area contributed by atoms with Crippen LogP contribution in [0.4, 0.5) is 0 Å². The van der Waals surface area contributed by atoms with Crippen molar-refractivity contribution >= 4 is 17.5 Å². The van der Waals surface area contributed by atoms with Crippen molar-refractivity contribution in [3.8, 4) is 5.75 Å². The average molecular weight is 406 g/mol. The number of aryl methyl sites for hydroxylation is 2. The molecule has 1 heterocycles. The van der Waals surface area contributed by atoms with Gasteiger partial charge in [0.25, 0.3) is 5.91 Å². The van der Waals surface area contributed by atoms with E-state index in [1.807, 2.05) is 61.2 Å². The molecule has 3 aromatic rings. The summed E-state index contributed by atoms with van der Waals surface area (Å²) in [6.07, 6.45) is 0.836. The molecule has 1 aliphatic rings. The van der Waals surface area contributed by atoms with Gasteiger partial charge in [-0.05, 0) is 60.7 Å². The lowest BCUT2D eigenvalue weighted by Crippen LogP contribution is -2.42. The van der Waals surface area contributed by atoms with Crippen molar-refractivity contribution in [3.63, 3.8) is 0 Å². The largest absolute Gasteiger partial charge is 0.483 e. The van der Waals surface area contributed by atoms with Crippen LogP contribution in [0.3, 0.4) is 0 Å². The fraction of sp³-hybridized carbons (Fsp3) is 0.240. The molecule has 0 radical (unpaired) electrons. The molecule has 0 N–H and O–H groups in total. The van der Waals surface area contributed by atoms with Gasteiger partial charge in [-0.25, -0.2) is 0 Å². The Bertz CT molecular complexity index is 1050. The predicted octanol–water partition coefficient (Wildman–Crippen LogP) is 5.51. The summed E-state index contributed by atoms with van der Waals surface area (Å²) in [5.41, 5.74) is 5.66. The Labute approximate surface area is 176 Å². The summed E-state index contributed by atoms with van der Waals surface area (Å²) in [7, 11) is 0. The molecule has 0 aromatic heterocycles. The molecular weight excluding hydrogens is 382 g/mol. The first-order valence-corrected chi connectivity index (χ1v) is 10.2. The minimum Gasteiger partial charge on any atom is -0.483 e. The number of carbonyl (C=O) groups excluding carboxylic acids is 1. The number of amides is 1. The Morgan fingerprint density at radius 2 is 1.90 bits per heavy atom. The fourth-order valence-corrected chi connectivity index (χ4v) is 4.25. The molecule has 0 fully saturated rings. The van der Waals surface area contributed by atoms with Crippen LogP contribution in [-0.2, 0) is 11.2 Å². The Kier molecular flexibility index (Phi) is 5.59. The summed E-state index contributed by atoms with van der Waals surface area (Å²) < 4.78 is 5.89. The van der Waals surface area contributed by atoms with Gasteiger partial charge < -0.3 is 9.64 Å².